The zero-order valence-corrected chi connectivity index (χ0v) is 19.1. The second-order valence-electron chi connectivity index (χ2n) is 8.08. The van der Waals surface area contributed by atoms with Gasteiger partial charge in [0.05, 0.1) is 6.57 Å². The van der Waals surface area contributed by atoms with Crippen LogP contribution in [-0.4, -0.2) is 14.8 Å². The van der Waals surface area contributed by atoms with E-state index >= 15 is 0 Å². The molecule has 0 radical (unpaired) electrons. The molecule has 2 heterocycles. The lowest BCUT2D eigenvalue weighted by molar-refractivity contribution is 0.302. The average molecular weight is 458 g/mol. The summed E-state index contributed by atoms with van der Waals surface area (Å²) in [6.45, 7) is 13.5. The van der Waals surface area contributed by atoms with E-state index < -0.39 is 5.82 Å². The van der Waals surface area contributed by atoms with Crippen LogP contribution < -0.4 is 15.2 Å². The zero-order chi connectivity index (χ0) is 24.2. The summed E-state index contributed by atoms with van der Waals surface area (Å²) in [4.78, 5) is 7.78. The molecule has 0 aliphatic rings. The summed E-state index contributed by atoms with van der Waals surface area (Å²) in [7, 11) is 0. The fourth-order valence-electron chi connectivity index (χ4n) is 3.38. The Morgan fingerprint density at radius 2 is 1.79 bits per heavy atom. The number of benzene rings is 2. The molecule has 7 nitrogen and oxygen atoms in total. The first-order valence-corrected chi connectivity index (χ1v) is 10.7. The van der Waals surface area contributed by atoms with Gasteiger partial charge >= 0.3 is 0 Å². The Balaban J connectivity index is 1.50. The lowest BCUT2D eigenvalue weighted by Gasteiger charge is -2.10. The van der Waals surface area contributed by atoms with Crippen LogP contribution in [0.2, 0.25) is 0 Å². The topological polar surface area (TPSA) is 79.5 Å². The summed E-state index contributed by atoms with van der Waals surface area (Å²) in [5, 5.41) is 4.50. The number of aromatic nitrogens is 3. The van der Waals surface area contributed by atoms with Gasteiger partial charge < -0.3 is 15.2 Å². The maximum atomic E-state index is 14.2. The number of nitrogens with two attached hydrogens (primary N) is 1. The zero-order valence-electron chi connectivity index (χ0n) is 19.1. The van der Waals surface area contributed by atoms with E-state index in [2.05, 4.69) is 14.9 Å². The number of nitrogens with zero attached hydrogens (tertiary/aromatic N) is 4. The molecule has 0 saturated heterocycles. The molecule has 4 rings (SSSR count). The van der Waals surface area contributed by atoms with Crippen LogP contribution in [0.1, 0.15) is 31.1 Å². The summed E-state index contributed by atoms with van der Waals surface area (Å²) in [6.07, 6.45) is 1.73. The Morgan fingerprint density at radius 3 is 2.44 bits per heavy atom. The van der Waals surface area contributed by atoms with Gasteiger partial charge in [-0.05, 0) is 44.5 Å². The minimum atomic E-state index is -0.470. The number of halogens is 1. The lowest BCUT2D eigenvalue weighted by Crippen LogP contribution is -2.06. The monoisotopic (exact) mass is 457 g/mol. The molecule has 0 aliphatic heterocycles. The third-order valence-electron chi connectivity index (χ3n) is 5.11. The Morgan fingerprint density at radius 1 is 1.06 bits per heavy atom. The standard InChI is InChI=1S/C26H24FN5O2/c1-16(2)32-26(28)25(29-4)24(31-32)19-7-9-21(10-8-19)34-23-12-20(27)11-22(13-23)33-15-18-6-5-17(3)30-14-18/h5-14,16H,15,28H2,1-3H3. The van der Waals surface area contributed by atoms with Crippen molar-refractivity contribution in [2.45, 2.75) is 33.4 Å². The van der Waals surface area contributed by atoms with Gasteiger partial charge in [-0.1, -0.05) is 18.2 Å². The number of ether oxygens (including phenoxy) is 2. The van der Waals surface area contributed by atoms with Crippen LogP contribution in [0.5, 0.6) is 17.2 Å². The van der Waals surface area contributed by atoms with Crippen molar-refractivity contribution in [3.63, 3.8) is 0 Å². The van der Waals surface area contributed by atoms with Crippen molar-refractivity contribution in [2.24, 2.45) is 0 Å². The smallest absolute Gasteiger partial charge is 0.254 e. The van der Waals surface area contributed by atoms with Crippen LogP contribution in [0.3, 0.4) is 0 Å². The third-order valence-corrected chi connectivity index (χ3v) is 5.11. The van der Waals surface area contributed by atoms with Crippen molar-refractivity contribution in [3.8, 4) is 28.5 Å². The highest BCUT2D eigenvalue weighted by Crippen LogP contribution is 2.37. The number of hydrogen-bond donors (Lipinski definition) is 1. The van der Waals surface area contributed by atoms with Gasteiger partial charge in [-0.2, -0.15) is 5.10 Å². The average Bonchev–Trinajstić information content (AvgIpc) is 3.15. The number of hydrogen-bond acceptors (Lipinski definition) is 5. The van der Waals surface area contributed by atoms with Crippen molar-refractivity contribution in [1.82, 2.24) is 14.8 Å². The first-order valence-electron chi connectivity index (χ1n) is 10.7. The number of rotatable bonds is 7. The predicted molar refractivity (Wildman–Crippen MR) is 129 cm³/mol. The van der Waals surface area contributed by atoms with E-state index in [9.17, 15) is 4.39 Å². The molecule has 0 amide bonds. The Kier molecular flexibility index (Phi) is 6.46. The van der Waals surface area contributed by atoms with Gasteiger partial charge in [0.25, 0.3) is 5.69 Å². The van der Waals surface area contributed by atoms with Crippen molar-refractivity contribution in [2.75, 3.05) is 5.73 Å². The molecule has 2 N–H and O–H groups in total. The molecule has 0 spiro atoms. The minimum Gasteiger partial charge on any atom is -0.489 e. The van der Waals surface area contributed by atoms with E-state index in [0.717, 1.165) is 16.8 Å². The molecular formula is C26H24FN5O2. The van der Waals surface area contributed by atoms with E-state index in [1.165, 1.54) is 12.1 Å². The van der Waals surface area contributed by atoms with Crippen LogP contribution >= 0.6 is 0 Å². The largest absolute Gasteiger partial charge is 0.489 e. The highest BCUT2D eigenvalue weighted by atomic mass is 19.1. The number of anilines is 1. The Bertz CT molecular complexity index is 1340. The second kappa shape index (κ2) is 9.63. The highest BCUT2D eigenvalue weighted by Gasteiger charge is 2.19. The van der Waals surface area contributed by atoms with Crippen LogP contribution in [0, 0.1) is 19.3 Å². The number of aryl methyl sites for hydroxylation is 1. The summed E-state index contributed by atoms with van der Waals surface area (Å²) in [5.41, 5.74) is 9.46. The molecule has 4 aromatic rings. The van der Waals surface area contributed by atoms with Gasteiger partial charge in [0.15, 0.2) is 0 Å². The molecule has 2 aromatic carbocycles. The molecule has 0 fully saturated rings. The Labute approximate surface area is 197 Å². The van der Waals surface area contributed by atoms with E-state index in [0.29, 0.717) is 34.4 Å². The molecule has 0 saturated carbocycles. The summed E-state index contributed by atoms with van der Waals surface area (Å²) >= 11 is 0. The van der Waals surface area contributed by atoms with E-state index in [-0.39, 0.29) is 12.6 Å². The van der Waals surface area contributed by atoms with Gasteiger partial charge in [0.1, 0.15) is 41.2 Å². The highest BCUT2D eigenvalue weighted by molar-refractivity contribution is 5.83. The van der Waals surface area contributed by atoms with Crippen molar-refractivity contribution in [1.29, 1.82) is 0 Å². The maximum absolute atomic E-state index is 14.2. The summed E-state index contributed by atoms with van der Waals surface area (Å²) in [5.74, 6) is 1.03. The molecule has 0 unspecified atom stereocenters. The van der Waals surface area contributed by atoms with E-state index in [1.807, 2.05) is 32.9 Å². The third kappa shape index (κ3) is 4.99. The van der Waals surface area contributed by atoms with Gasteiger partial charge in [-0.15, -0.1) is 0 Å². The van der Waals surface area contributed by atoms with Crippen LogP contribution in [0.15, 0.2) is 60.8 Å². The van der Waals surface area contributed by atoms with Crippen molar-refractivity contribution >= 4 is 11.5 Å². The van der Waals surface area contributed by atoms with Crippen molar-refractivity contribution < 1.29 is 13.9 Å². The fraction of sp³-hybridized carbons (Fsp3) is 0.192. The van der Waals surface area contributed by atoms with Crippen molar-refractivity contribution in [3.05, 3.63) is 89.3 Å². The van der Waals surface area contributed by atoms with E-state index in [1.54, 1.807) is 41.2 Å². The lowest BCUT2D eigenvalue weighted by atomic mass is 10.1. The molecule has 34 heavy (non-hydrogen) atoms. The van der Waals surface area contributed by atoms with E-state index in [4.69, 9.17) is 21.8 Å². The molecule has 172 valence electrons. The normalized spacial score (nSPS) is 10.8. The van der Waals surface area contributed by atoms with Gasteiger partial charge in [0.2, 0.25) is 0 Å². The quantitative estimate of drug-likeness (QED) is 0.321. The molecule has 8 heteroatoms. The molecule has 0 atom stereocenters. The summed E-state index contributed by atoms with van der Waals surface area (Å²) < 4.78 is 27.3. The minimum absolute atomic E-state index is 0.0310. The second-order valence-corrected chi connectivity index (χ2v) is 8.08. The molecule has 2 aromatic heterocycles. The number of pyridine rings is 1. The van der Waals surface area contributed by atoms with Crippen LogP contribution in [-0.2, 0) is 6.61 Å². The first kappa shape index (κ1) is 22.8. The predicted octanol–water partition coefficient (Wildman–Crippen LogP) is 6.48. The van der Waals surface area contributed by atoms with Gasteiger partial charge in [0, 0.05) is 41.7 Å². The first-order chi connectivity index (χ1) is 16.3. The Hall–Kier alpha value is -4.38. The summed E-state index contributed by atoms with van der Waals surface area (Å²) in [6, 6.07) is 15.1. The maximum Gasteiger partial charge on any atom is 0.254 e. The SMILES string of the molecule is [C-]#[N+]c1c(-c2ccc(Oc3cc(F)cc(OCc4ccc(C)nc4)c3)cc2)nn(C(C)C)c1N. The van der Waals surface area contributed by atoms with Gasteiger partial charge in [-0.3, -0.25) is 9.67 Å². The van der Waals surface area contributed by atoms with Gasteiger partial charge in [-0.25, -0.2) is 9.24 Å². The fourth-order valence-corrected chi connectivity index (χ4v) is 3.38. The molecule has 0 bridgehead atoms. The van der Waals surface area contributed by atoms with Crippen LogP contribution in [0.25, 0.3) is 16.1 Å². The molecular weight excluding hydrogens is 433 g/mol. The molecule has 0 aliphatic carbocycles. The number of nitrogen functional groups attached to an aromatic ring is 1. The van der Waals surface area contributed by atoms with Crippen LogP contribution in [0.4, 0.5) is 15.9 Å².